The van der Waals surface area contributed by atoms with Crippen LogP contribution in [0.5, 0.6) is 0 Å². The Labute approximate surface area is 216 Å². The molecule has 0 aliphatic rings. The maximum absolute atomic E-state index is 13.4. The standard InChI is InChI=1S/C24H30N8O6/c1-12(24(37)38)30-22(35)18(6-13-9-28-17-5-3-2-4-15(13)17)32-23(36)19(7-14-10-27-11-29-14)31-21(34)16(25)8-20(26)33/h2-5,9-12,16,18-19,28H,6-8,25H2,1H3,(H2,26,33)(H,27,29)(H,30,35)(H,31,34)(H,32,36)(H,37,38). The van der Waals surface area contributed by atoms with Crippen molar-refractivity contribution in [1.29, 1.82) is 0 Å². The number of aromatic amines is 2. The SMILES string of the molecule is CC(NC(=O)C(Cc1c[nH]c2ccccc12)NC(=O)C(Cc1cnc[nH]1)NC(=O)C(N)CC(N)=O)C(=O)O. The quantitative estimate of drug-likeness (QED) is 0.129. The maximum Gasteiger partial charge on any atom is 0.325 e. The van der Waals surface area contributed by atoms with Crippen molar-refractivity contribution < 1.29 is 29.1 Å². The summed E-state index contributed by atoms with van der Waals surface area (Å²) in [4.78, 5) is 71.3. The van der Waals surface area contributed by atoms with Gasteiger partial charge in [-0.3, -0.25) is 24.0 Å². The number of rotatable bonds is 13. The Morgan fingerprint density at radius 2 is 1.63 bits per heavy atom. The third-order valence-corrected chi connectivity index (χ3v) is 5.83. The number of para-hydroxylation sites is 1. The first-order valence-corrected chi connectivity index (χ1v) is 11.7. The van der Waals surface area contributed by atoms with E-state index in [1.165, 1.54) is 19.4 Å². The molecule has 0 fully saturated rings. The van der Waals surface area contributed by atoms with Crippen LogP contribution in [0.4, 0.5) is 0 Å². The minimum atomic E-state index is -1.29. The van der Waals surface area contributed by atoms with Crippen molar-refractivity contribution in [2.75, 3.05) is 0 Å². The number of hydrogen-bond acceptors (Lipinski definition) is 7. The number of carbonyl (C=O) groups is 5. The Hall–Kier alpha value is -4.72. The zero-order valence-corrected chi connectivity index (χ0v) is 20.6. The molecular weight excluding hydrogens is 496 g/mol. The molecule has 0 saturated heterocycles. The molecule has 0 aliphatic carbocycles. The highest BCUT2D eigenvalue weighted by Crippen LogP contribution is 2.19. The number of aromatic nitrogens is 3. The Morgan fingerprint density at radius 3 is 2.29 bits per heavy atom. The zero-order valence-electron chi connectivity index (χ0n) is 20.6. The second-order valence-electron chi connectivity index (χ2n) is 8.81. The van der Waals surface area contributed by atoms with Crippen LogP contribution < -0.4 is 27.4 Å². The number of nitrogens with two attached hydrogens (primary N) is 2. The molecular formula is C24H30N8O6. The number of benzene rings is 1. The Balaban J connectivity index is 1.85. The van der Waals surface area contributed by atoms with E-state index in [0.29, 0.717) is 11.3 Å². The van der Waals surface area contributed by atoms with E-state index in [9.17, 15) is 29.1 Å². The number of amides is 4. The van der Waals surface area contributed by atoms with Gasteiger partial charge in [-0.05, 0) is 18.6 Å². The lowest BCUT2D eigenvalue weighted by Crippen LogP contribution is -2.58. The van der Waals surface area contributed by atoms with Crippen molar-refractivity contribution in [2.24, 2.45) is 11.5 Å². The Kier molecular flexibility index (Phi) is 9.16. The van der Waals surface area contributed by atoms with Gasteiger partial charge in [-0.1, -0.05) is 18.2 Å². The largest absolute Gasteiger partial charge is 0.480 e. The first-order valence-electron chi connectivity index (χ1n) is 11.7. The molecule has 202 valence electrons. The van der Waals surface area contributed by atoms with Gasteiger partial charge in [-0.25, -0.2) is 4.98 Å². The lowest BCUT2D eigenvalue weighted by molar-refractivity contribution is -0.141. The van der Waals surface area contributed by atoms with E-state index >= 15 is 0 Å². The van der Waals surface area contributed by atoms with Crippen LogP contribution in [0.15, 0.2) is 43.0 Å². The van der Waals surface area contributed by atoms with E-state index in [1.54, 1.807) is 6.20 Å². The van der Waals surface area contributed by atoms with E-state index < -0.39 is 60.2 Å². The van der Waals surface area contributed by atoms with Gasteiger partial charge in [0.25, 0.3) is 0 Å². The van der Waals surface area contributed by atoms with Crippen LogP contribution in [-0.2, 0) is 36.8 Å². The maximum atomic E-state index is 13.4. The van der Waals surface area contributed by atoms with E-state index in [-0.39, 0.29) is 12.8 Å². The highest BCUT2D eigenvalue weighted by Gasteiger charge is 2.30. The third-order valence-electron chi connectivity index (χ3n) is 5.83. The predicted molar refractivity (Wildman–Crippen MR) is 135 cm³/mol. The summed E-state index contributed by atoms with van der Waals surface area (Å²) in [5, 5.41) is 17.5. The Bertz CT molecular complexity index is 1300. The lowest BCUT2D eigenvalue weighted by Gasteiger charge is -2.24. The number of nitrogens with one attached hydrogen (secondary N) is 5. The fourth-order valence-electron chi connectivity index (χ4n) is 3.79. The molecule has 4 amide bonds. The highest BCUT2D eigenvalue weighted by molar-refractivity contribution is 5.95. The molecule has 0 radical (unpaired) electrons. The van der Waals surface area contributed by atoms with E-state index in [0.717, 1.165) is 10.9 Å². The van der Waals surface area contributed by atoms with Gasteiger partial charge in [-0.2, -0.15) is 0 Å². The number of carboxylic acids is 1. The number of hydrogen-bond donors (Lipinski definition) is 8. The van der Waals surface area contributed by atoms with Crippen molar-refractivity contribution >= 4 is 40.5 Å². The van der Waals surface area contributed by atoms with Crippen LogP contribution in [0, 0.1) is 0 Å². The molecule has 10 N–H and O–H groups in total. The average molecular weight is 527 g/mol. The highest BCUT2D eigenvalue weighted by atomic mass is 16.4. The summed E-state index contributed by atoms with van der Waals surface area (Å²) < 4.78 is 0. The first kappa shape index (κ1) is 27.9. The van der Waals surface area contributed by atoms with E-state index in [1.807, 2.05) is 24.3 Å². The first-order chi connectivity index (χ1) is 18.0. The second kappa shape index (κ2) is 12.5. The number of carboxylic acid groups (broad SMARTS) is 1. The molecule has 4 atom stereocenters. The van der Waals surface area contributed by atoms with E-state index in [2.05, 4.69) is 30.9 Å². The predicted octanol–water partition coefficient (Wildman–Crippen LogP) is -1.56. The molecule has 1 aromatic carbocycles. The van der Waals surface area contributed by atoms with Gasteiger partial charge >= 0.3 is 5.97 Å². The van der Waals surface area contributed by atoms with Gasteiger partial charge in [0.05, 0.1) is 18.8 Å². The number of carbonyl (C=O) groups excluding carboxylic acids is 4. The molecule has 0 bridgehead atoms. The zero-order chi connectivity index (χ0) is 27.8. The molecule has 38 heavy (non-hydrogen) atoms. The summed E-state index contributed by atoms with van der Waals surface area (Å²) in [6.07, 6.45) is 4.12. The second-order valence-corrected chi connectivity index (χ2v) is 8.81. The van der Waals surface area contributed by atoms with Gasteiger partial charge < -0.3 is 42.5 Å². The number of H-pyrrole nitrogens is 2. The van der Waals surface area contributed by atoms with Gasteiger partial charge in [-0.15, -0.1) is 0 Å². The minimum absolute atomic E-state index is 0.0276. The topological polar surface area (TPSA) is 238 Å². The van der Waals surface area contributed by atoms with Crippen LogP contribution in [0.1, 0.15) is 24.6 Å². The van der Waals surface area contributed by atoms with Crippen LogP contribution in [0.3, 0.4) is 0 Å². The average Bonchev–Trinajstić information content (AvgIpc) is 3.52. The van der Waals surface area contributed by atoms with Crippen LogP contribution >= 0.6 is 0 Å². The lowest BCUT2D eigenvalue weighted by atomic mass is 10.0. The van der Waals surface area contributed by atoms with Crippen LogP contribution in [-0.4, -0.2) is 73.8 Å². The van der Waals surface area contributed by atoms with Crippen molar-refractivity contribution in [1.82, 2.24) is 30.9 Å². The van der Waals surface area contributed by atoms with Crippen molar-refractivity contribution in [3.63, 3.8) is 0 Å². The fraction of sp³-hybridized carbons (Fsp3) is 0.333. The summed E-state index contributed by atoms with van der Waals surface area (Å²) in [5.74, 6) is -4.29. The van der Waals surface area contributed by atoms with E-state index in [4.69, 9.17) is 11.5 Å². The fourth-order valence-corrected chi connectivity index (χ4v) is 3.79. The molecule has 0 aliphatic heterocycles. The van der Waals surface area contributed by atoms with Gasteiger partial charge in [0.1, 0.15) is 18.1 Å². The molecule has 2 heterocycles. The molecule has 3 aromatic rings. The monoisotopic (exact) mass is 526 g/mol. The normalized spacial score (nSPS) is 14.2. The van der Waals surface area contributed by atoms with Crippen molar-refractivity contribution in [3.8, 4) is 0 Å². The number of imidazole rings is 1. The van der Waals surface area contributed by atoms with Gasteiger partial charge in [0.2, 0.25) is 23.6 Å². The van der Waals surface area contributed by atoms with Crippen LogP contribution in [0.25, 0.3) is 10.9 Å². The van der Waals surface area contributed by atoms with Crippen molar-refractivity contribution in [3.05, 3.63) is 54.2 Å². The summed E-state index contributed by atoms with van der Waals surface area (Å²) in [7, 11) is 0. The number of fused-ring (bicyclic) bond motifs is 1. The summed E-state index contributed by atoms with van der Waals surface area (Å²) in [6, 6.07) is 2.47. The molecule has 14 heteroatoms. The molecule has 0 spiro atoms. The van der Waals surface area contributed by atoms with Crippen molar-refractivity contribution in [2.45, 2.75) is 50.4 Å². The number of nitrogens with zero attached hydrogens (tertiary/aromatic N) is 1. The van der Waals surface area contributed by atoms with Crippen LogP contribution in [0.2, 0.25) is 0 Å². The molecule has 14 nitrogen and oxygen atoms in total. The number of aliphatic carboxylic acids is 1. The number of primary amides is 1. The van der Waals surface area contributed by atoms with Gasteiger partial charge in [0.15, 0.2) is 0 Å². The molecule has 0 saturated carbocycles. The molecule has 4 unspecified atom stereocenters. The summed E-state index contributed by atoms with van der Waals surface area (Å²) in [5.41, 5.74) is 12.9. The molecule has 3 rings (SSSR count). The smallest absolute Gasteiger partial charge is 0.325 e. The minimum Gasteiger partial charge on any atom is -0.480 e. The summed E-state index contributed by atoms with van der Waals surface area (Å²) in [6.45, 7) is 1.30. The van der Waals surface area contributed by atoms with Gasteiger partial charge in [0, 0.05) is 41.8 Å². The third kappa shape index (κ3) is 7.39. The Morgan fingerprint density at radius 1 is 0.974 bits per heavy atom. The molecule has 2 aromatic heterocycles. The summed E-state index contributed by atoms with van der Waals surface area (Å²) >= 11 is 0.